The zero-order chi connectivity index (χ0) is 18.2. The van der Waals surface area contributed by atoms with Crippen LogP contribution in [0, 0.1) is 5.92 Å². The Labute approximate surface area is 156 Å². The average molecular weight is 361 g/mol. The second-order valence-corrected chi connectivity index (χ2v) is 7.38. The van der Waals surface area contributed by atoms with Crippen molar-refractivity contribution in [2.45, 2.75) is 57.9 Å². The lowest BCUT2D eigenvalue weighted by molar-refractivity contribution is -0.134. The summed E-state index contributed by atoms with van der Waals surface area (Å²) in [7, 11) is 0. The summed E-state index contributed by atoms with van der Waals surface area (Å²) in [5.41, 5.74) is 0. The number of hydrogen-bond acceptors (Lipinski definition) is 3. The molecule has 144 valence electrons. The third kappa shape index (κ3) is 5.26. The first-order valence-electron chi connectivity index (χ1n) is 10.1. The number of likely N-dealkylation sites (tertiary alicyclic amines) is 1. The van der Waals surface area contributed by atoms with E-state index >= 15 is 0 Å². The molecule has 1 aromatic heterocycles. The Morgan fingerprint density at radius 3 is 2.92 bits per heavy atom. The molecule has 6 heteroatoms. The second-order valence-electron chi connectivity index (χ2n) is 7.38. The first-order chi connectivity index (χ1) is 12.8. The summed E-state index contributed by atoms with van der Waals surface area (Å²) in [5, 5.41) is 6.92. The molecule has 26 heavy (non-hydrogen) atoms. The largest absolute Gasteiger partial charge is 0.469 e. The van der Waals surface area contributed by atoms with Gasteiger partial charge in [0, 0.05) is 44.6 Å². The van der Waals surface area contributed by atoms with Gasteiger partial charge in [-0.15, -0.1) is 0 Å². The summed E-state index contributed by atoms with van der Waals surface area (Å²) in [6.45, 7) is 5.36. The van der Waals surface area contributed by atoms with Crippen LogP contribution in [0.2, 0.25) is 0 Å². The monoisotopic (exact) mass is 360 g/mol. The van der Waals surface area contributed by atoms with Crippen LogP contribution >= 0.6 is 0 Å². The molecule has 6 nitrogen and oxygen atoms in total. The van der Waals surface area contributed by atoms with Gasteiger partial charge in [0.2, 0.25) is 5.91 Å². The van der Waals surface area contributed by atoms with Crippen molar-refractivity contribution in [3.8, 4) is 0 Å². The minimum atomic E-state index is 0.272. The lowest BCUT2D eigenvalue weighted by atomic mass is 10.1. The van der Waals surface area contributed by atoms with Gasteiger partial charge in [0.05, 0.1) is 6.26 Å². The van der Waals surface area contributed by atoms with E-state index in [4.69, 9.17) is 4.42 Å². The number of carbonyl (C=O) groups is 1. The van der Waals surface area contributed by atoms with Crippen molar-refractivity contribution in [1.29, 1.82) is 0 Å². The Kier molecular flexibility index (Phi) is 6.97. The fraction of sp³-hybridized carbons (Fsp3) is 0.700. The summed E-state index contributed by atoms with van der Waals surface area (Å²) in [6, 6.07) is 4.18. The molecule has 2 N–H and O–H groups in total. The summed E-state index contributed by atoms with van der Waals surface area (Å²) >= 11 is 0. The van der Waals surface area contributed by atoms with Gasteiger partial charge < -0.3 is 20.0 Å². The number of guanidine groups is 1. The van der Waals surface area contributed by atoms with Gasteiger partial charge >= 0.3 is 0 Å². The van der Waals surface area contributed by atoms with E-state index in [2.05, 4.69) is 22.5 Å². The molecule has 0 aromatic carbocycles. The fourth-order valence-electron chi connectivity index (χ4n) is 3.84. The van der Waals surface area contributed by atoms with Crippen LogP contribution < -0.4 is 10.6 Å². The van der Waals surface area contributed by atoms with E-state index < -0.39 is 0 Å². The molecule has 2 fully saturated rings. The lowest BCUT2D eigenvalue weighted by Gasteiger charge is -2.21. The topological polar surface area (TPSA) is 69.9 Å². The standard InChI is InChI=1S/C20H32N4O2/c1-2-11-21-20(22-12-9-18-8-5-14-26-18)23-17-10-13-24(15-17)19(25)16-6-3-4-7-16/h5,8,14,16-17H,2-4,6-7,9-13,15H2,1H3,(H2,21,22,23). The Morgan fingerprint density at radius 1 is 1.35 bits per heavy atom. The molecule has 0 bridgehead atoms. The summed E-state index contributed by atoms with van der Waals surface area (Å²) in [6.07, 6.45) is 9.10. The van der Waals surface area contributed by atoms with Crippen LogP contribution in [0.15, 0.2) is 27.8 Å². The molecule has 3 rings (SSSR count). The van der Waals surface area contributed by atoms with Crippen molar-refractivity contribution in [3.05, 3.63) is 24.2 Å². The van der Waals surface area contributed by atoms with Crippen molar-refractivity contribution in [2.24, 2.45) is 10.9 Å². The van der Waals surface area contributed by atoms with E-state index in [0.717, 1.165) is 70.0 Å². The molecule has 1 aliphatic carbocycles. The van der Waals surface area contributed by atoms with Crippen LogP contribution in [-0.2, 0) is 11.2 Å². The molecule has 0 spiro atoms. The van der Waals surface area contributed by atoms with Crippen LogP contribution in [0.4, 0.5) is 0 Å². The molecule has 2 aliphatic rings. The summed E-state index contributed by atoms with van der Waals surface area (Å²) < 4.78 is 5.37. The van der Waals surface area contributed by atoms with Gasteiger partial charge in [0.15, 0.2) is 5.96 Å². The van der Waals surface area contributed by atoms with E-state index in [9.17, 15) is 4.79 Å². The van der Waals surface area contributed by atoms with Crippen LogP contribution in [0.5, 0.6) is 0 Å². The second kappa shape index (κ2) is 9.64. The van der Waals surface area contributed by atoms with E-state index in [1.165, 1.54) is 12.8 Å². The van der Waals surface area contributed by atoms with Crippen LogP contribution in [0.1, 0.15) is 51.2 Å². The predicted molar refractivity (Wildman–Crippen MR) is 103 cm³/mol. The zero-order valence-electron chi connectivity index (χ0n) is 15.9. The number of aliphatic imine (C=N–C) groups is 1. The Morgan fingerprint density at radius 2 is 2.19 bits per heavy atom. The Hall–Kier alpha value is -1.98. The highest BCUT2D eigenvalue weighted by Gasteiger charge is 2.32. The van der Waals surface area contributed by atoms with Crippen molar-refractivity contribution in [1.82, 2.24) is 15.5 Å². The number of nitrogens with zero attached hydrogens (tertiary/aromatic N) is 2. The first kappa shape index (κ1) is 18.8. The van der Waals surface area contributed by atoms with Crippen molar-refractivity contribution < 1.29 is 9.21 Å². The van der Waals surface area contributed by atoms with E-state index in [1.807, 2.05) is 17.0 Å². The van der Waals surface area contributed by atoms with E-state index in [-0.39, 0.29) is 12.0 Å². The van der Waals surface area contributed by atoms with Gasteiger partial charge in [-0.05, 0) is 37.8 Å². The maximum Gasteiger partial charge on any atom is 0.225 e. The maximum atomic E-state index is 12.6. The molecule has 2 heterocycles. The number of nitrogens with one attached hydrogen (secondary N) is 2. The molecule has 1 amide bonds. The molecule has 1 saturated heterocycles. The van der Waals surface area contributed by atoms with Gasteiger partial charge in [0.25, 0.3) is 0 Å². The third-order valence-electron chi connectivity index (χ3n) is 5.28. The van der Waals surface area contributed by atoms with Gasteiger partial charge in [-0.2, -0.15) is 0 Å². The molecule has 1 atom stereocenters. The maximum absolute atomic E-state index is 12.6. The average Bonchev–Trinajstić information content (AvgIpc) is 3.41. The van der Waals surface area contributed by atoms with Crippen molar-refractivity contribution in [2.75, 3.05) is 26.2 Å². The van der Waals surface area contributed by atoms with Gasteiger partial charge in [-0.3, -0.25) is 9.79 Å². The number of furan rings is 1. The SMILES string of the molecule is CCCN=C(NCCc1ccco1)NC1CCN(C(=O)C2CCCC2)C1. The predicted octanol–water partition coefficient (Wildman–Crippen LogP) is 2.56. The molecule has 1 aliphatic heterocycles. The molecular formula is C20H32N4O2. The molecular weight excluding hydrogens is 328 g/mol. The highest BCUT2D eigenvalue weighted by Crippen LogP contribution is 2.27. The smallest absolute Gasteiger partial charge is 0.225 e. The number of amides is 1. The van der Waals surface area contributed by atoms with E-state index in [0.29, 0.717) is 5.91 Å². The van der Waals surface area contributed by atoms with Crippen LogP contribution in [0.25, 0.3) is 0 Å². The van der Waals surface area contributed by atoms with Gasteiger partial charge in [-0.25, -0.2) is 0 Å². The van der Waals surface area contributed by atoms with E-state index in [1.54, 1.807) is 6.26 Å². The number of hydrogen-bond donors (Lipinski definition) is 2. The van der Waals surface area contributed by atoms with Gasteiger partial charge in [0.1, 0.15) is 5.76 Å². The Bertz CT molecular complexity index is 579. The van der Waals surface area contributed by atoms with Crippen LogP contribution in [0.3, 0.4) is 0 Å². The molecule has 1 aromatic rings. The fourth-order valence-corrected chi connectivity index (χ4v) is 3.84. The highest BCUT2D eigenvalue weighted by molar-refractivity contribution is 5.81. The zero-order valence-corrected chi connectivity index (χ0v) is 15.9. The lowest BCUT2D eigenvalue weighted by Crippen LogP contribution is -2.46. The molecule has 0 radical (unpaired) electrons. The highest BCUT2D eigenvalue weighted by atomic mass is 16.3. The van der Waals surface area contributed by atoms with Crippen LogP contribution in [-0.4, -0.2) is 49.0 Å². The Balaban J connectivity index is 1.46. The minimum absolute atomic E-state index is 0.272. The molecule has 1 unspecified atom stereocenters. The minimum Gasteiger partial charge on any atom is -0.469 e. The number of rotatable bonds is 7. The first-order valence-corrected chi connectivity index (χ1v) is 10.1. The van der Waals surface area contributed by atoms with Crippen molar-refractivity contribution in [3.63, 3.8) is 0 Å². The normalized spacial score (nSPS) is 21.3. The quantitative estimate of drug-likeness (QED) is 0.579. The third-order valence-corrected chi connectivity index (χ3v) is 5.28. The number of carbonyl (C=O) groups excluding carboxylic acids is 1. The van der Waals surface area contributed by atoms with Crippen molar-refractivity contribution >= 4 is 11.9 Å². The summed E-state index contributed by atoms with van der Waals surface area (Å²) in [4.78, 5) is 19.3. The van der Waals surface area contributed by atoms with Gasteiger partial charge in [-0.1, -0.05) is 19.8 Å². The molecule has 1 saturated carbocycles. The summed E-state index contributed by atoms with van der Waals surface area (Å²) in [5.74, 6) is 2.46.